The van der Waals surface area contributed by atoms with E-state index < -0.39 is 5.97 Å². The topological polar surface area (TPSA) is 112 Å². The molecule has 1 heterocycles. The van der Waals surface area contributed by atoms with E-state index in [1.165, 1.54) is 6.20 Å². The molecule has 22 heavy (non-hydrogen) atoms. The van der Waals surface area contributed by atoms with Crippen LogP contribution in [0.25, 0.3) is 0 Å². The normalized spacial score (nSPS) is 16.0. The van der Waals surface area contributed by atoms with Gasteiger partial charge in [-0.3, -0.25) is 14.5 Å². The second-order valence-corrected chi connectivity index (χ2v) is 4.78. The molecule has 1 amide bonds. The summed E-state index contributed by atoms with van der Waals surface area (Å²) in [7, 11) is 0. The van der Waals surface area contributed by atoms with Crippen molar-refractivity contribution in [3.8, 4) is 6.07 Å². The summed E-state index contributed by atoms with van der Waals surface area (Å²) in [6.45, 7) is 5.96. The lowest BCUT2D eigenvalue weighted by molar-refractivity contribution is -0.141. The lowest BCUT2D eigenvalue weighted by atomic mass is 10.2. The van der Waals surface area contributed by atoms with E-state index in [0.717, 1.165) is 19.6 Å². The summed E-state index contributed by atoms with van der Waals surface area (Å²) in [5, 5.41) is 11.7. The molecule has 8 nitrogen and oxygen atoms in total. The van der Waals surface area contributed by atoms with Gasteiger partial charge in [0.25, 0.3) is 5.91 Å². The molecule has 1 fully saturated rings. The van der Waals surface area contributed by atoms with E-state index in [0.29, 0.717) is 26.2 Å². The van der Waals surface area contributed by atoms with Crippen molar-refractivity contribution in [1.82, 2.24) is 15.1 Å². The molecule has 0 spiro atoms. The lowest BCUT2D eigenvalue weighted by Gasteiger charge is -2.34. The zero-order valence-electron chi connectivity index (χ0n) is 12.9. The molecule has 1 rings (SSSR count). The number of ether oxygens (including phenoxy) is 1. The van der Waals surface area contributed by atoms with Gasteiger partial charge in [-0.05, 0) is 6.92 Å². The molecule has 0 aromatic heterocycles. The second-order valence-electron chi connectivity index (χ2n) is 4.78. The summed E-state index contributed by atoms with van der Waals surface area (Å²) in [5.41, 5.74) is 5.49. The van der Waals surface area contributed by atoms with E-state index in [-0.39, 0.29) is 18.0 Å². The first-order valence-corrected chi connectivity index (χ1v) is 7.33. The third-order valence-electron chi connectivity index (χ3n) is 3.25. The van der Waals surface area contributed by atoms with Crippen molar-refractivity contribution in [1.29, 1.82) is 5.26 Å². The maximum Gasteiger partial charge on any atom is 0.325 e. The first kappa shape index (κ1) is 17.9. The van der Waals surface area contributed by atoms with Gasteiger partial charge in [0.1, 0.15) is 18.2 Å². The Morgan fingerprint density at radius 2 is 2.05 bits per heavy atom. The Morgan fingerprint density at radius 1 is 1.36 bits per heavy atom. The van der Waals surface area contributed by atoms with Crippen LogP contribution in [0.1, 0.15) is 6.92 Å². The smallest absolute Gasteiger partial charge is 0.325 e. The van der Waals surface area contributed by atoms with Crippen LogP contribution in [0, 0.1) is 11.3 Å². The molecule has 1 aliphatic rings. The molecular formula is C14H23N5O3. The van der Waals surface area contributed by atoms with E-state index in [4.69, 9.17) is 15.7 Å². The quantitative estimate of drug-likeness (QED) is 0.340. The van der Waals surface area contributed by atoms with Gasteiger partial charge in [-0.15, -0.1) is 0 Å². The predicted octanol–water partition coefficient (Wildman–Crippen LogP) is -1.35. The molecular weight excluding hydrogens is 286 g/mol. The number of nitrogens with two attached hydrogens (primary N) is 1. The van der Waals surface area contributed by atoms with E-state index in [1.54, 1.807) is 11.8 Å². The number of hydrogen-bond acceptors (Lipinski definition) is 7. The Bertz CT molecular complexity index is 450. The summed E-state index contributed by atoms with van der Waals surface area (Å²) < 4.78 is 4.74. The number of carbonyl (C=O) groups excluding carboxylic acids is 2. The summed E-state index contributed by atoms with van der Waals surface area (Å²) in [5.74, 6) is -0.759. The van der Waals surface area contributed by atoms with Crippen LogP contribution in [0.5, 0.6) is 0 Å². The van der Waals surface area contributed by atoms with Crippen molar-refractivity contribution < 1.29 is 14.3 Å². The Balaban J connectivity index is 2.48. The highest BCUT2D eigenvalue weighted by Crippen LogP contribution is 2.06. The Labute approximate surface area is 130 Å². The SMILES string of the molecule is CCOC(=O)CN/C=C(/C#N)C(=O)N1CCN(CCN)CC1. The standard InChI is InChI=1S/C14H23N5O3/c1-2-22-13(20)11-17-10-12(9-16)14(21)19-7-5-18(4-3-15)6-8-19/h10,17H,2-8,11,15H2,1H3/b12-10-. The van der Waals surface area contributed by atoms with Gasteiger partial charge in [0, 0.05) is 45.5 Å². The number of nitrogens with one attached hydrogen (secondary N) is 1. The van der Waals surface area contributed by atoms with Crippen LogP contribution in [-0.4, -0.2) is 74.1 Å². The Hall–Kier alpha value is -2.11. The number of piperazine rings is 1. The third-order valence-corrected chi connectivity index (χ3v) is 3.25. The van der Waals surface area contributed by atoms with E-state index in [2.05, 4.69) is 10.2 Å². The molecule has 0 saturated carbocycles. The van der Waals surface area contributed by atoms with Crippen LogP contribution in [0.3, 0.4) is 0 Å². The van der Waals surface area contributed by atoms with Gasteiger partial charge in [0.05, 0.1) is 6.61 Å². The third kappa shape index (κ3) is 5.71. The van der Waals surface area contributed by atoms with Crippen LogP contribution in [0.4, 0.5) is 0 Å². The zero-order valence-corrected chi connectivity index (χ0v) is 12.9. The van der Waals surface area contributed by atoms with Gasteiger partial charge < -0.3 is 20.7 Å². The predicted molar refractivity (Wildman–Crippen MR) is 80.4 cm³/mol. The van der Waals surface area contributed by atoms with Crippen LogP contribution < -0.4 is 11.1 Å². The molecule has 0 radical (unpaired) electrons. The second kappa shape index (κ2) is 9.76. The van der Waals surface area contributed by atoms with Crippen molar-refractivity contribution in [2.75, 3.05) is 52.4 Å². The average molecular weight is 309 g/mol. The van der Waals surface area contributed by atoms with Crippen molar-refractivity contribution in [3.63, 3.8) is 0 Å². The van der Waals surface area contributed by atoms with Crippen molar-refractivity contribution in [3.05, 3.63) is 11.8 Å². The summed E-state index contributed by atoms with van der Waals surface area (Å²) in [6.07, 6.45) is 1.27. The van der Waals surface area contributed by atoms with Gasteiger partial charge >= 0.3 is 5.97 Å². The molecule has 122 valence electrons. The van der Waals surface area contributed by atoms with E-state index in [1.807, 2.05) is 6.07 Å². The van der Waals surface area contributed by atoms with Crippen LogP contribution >= 0.6 is 0 Å². The number of amides is 1. The fraction of sp³-hybridized carbons (Fsp3) is 0.643. The molecule has 0 bridgehead atoms. The van der Waals surface area contributed by atoms with Crippen molar-refractivity contribution in [2.45, 2.75) is 6.92 Å². The fourth-order valence-corrected chi connectivity index (χ4v) is 2.12. The van der Waals surface area contributed by atoms with Gasteiger partial charge in [-0.2, -0.15) is 5.26 Å². The number of carbonyl (C=O) groups is 2. The van der Waals surface area contributed by atoms with Gasteiger partial charge in [-0.25, -0.2) is 0 Å². The monoisotopic (exact) mass is 309 g/mol. The molecule has 3 N–H and O–H groups in total. The summed E-state index contributed by atoms with van der Waals surface area (Å²) >= 11 is 0. The molecule has 0 atom stereocenters. The molecule has 1 aliphatic heterocycles. The lowest BCUT2D eigenvalue weighted by Crippen LogP contribution is -2.50. The van der Waals surface area contributed by atoms with Crippen LogP contribution in [0.15, 0.2) is 11.8 Å². The van der Waals surface area contributed by atoms with Gasteiger partial charge in [0.2, 0.25) is 0 Å². The van der Waals surface area contributed by atoms with E-state index in [9.17, 15) is 9.59 Å². The molecule has 1 saturated heterocycles. The van der Waals surface area contributed by atoms with E-state index >= 15 is 0 Å². The fourth-order valence-electron chi connectivity index (χ4n) is 2.12. The molecule has 0 aromatic carbocycles. The number of rotatable bonds is 7. The molecule has 0 aliphatic carbocycles. The van der Waals surface area contributed by atoms with Gasteiger partial charge in [-0.1, -0.05) is 0 Å². The van der Waals surface area contributed by atoms with Crippen LogP contribution in [0.2, 0.25) is 0 Å². The Kier molecular flexibility index (Phi) is 7.96. The Morgan fingerprint density at radius 3 is 2.59 bits per heavy atom. The van der Waals surface area contributed by atoms with Crippen molar-refractivity contribution >= 4 is 11.9 Å². The van der Waals surface area contributed by atoms with Crippen molar-refractivity contribution in [2.24, 2.45) is 5.73 Å². The number of nitrogens with zero attached hydrogens (tertiary/aromatic N) is 3. The molecule has 0 aromatic rings. The largest absolute Gasteiger partial charge is 0.465 e. The minimum absolute atomic E-state index is 0.0171. The number of esters is 1. The highest BCUT2D eigenvalue weighted by Gasteiger charge is 2.23. The van der Waals surface area contributed by atoms with Crippen LogP contribution in [-0.2, 0) is 14.3 Å². The average Bonchev–Trinajstić information content (AvgIpc) is 2.52. The minimum Gasteiger partial charge on any atom is -0.465 e. The summed E-state index contributed by atoms with van der Waals surface area (Å²) in [4.78, 5) is 27.2. The molecule has 8 heteroatoms. The number of nitriles is 1. The minimum atomic E-state index is -0.432. The first-order valence-electron chi connectivity index (χ1n) is 7.33. The first-order chi connectivity index (χ1) is 10.6. The molecule has 0 unspecified atom stereocenters. The zero-order chi connectivity index (χ0) is 16.4. The maximum atomic E-state index is 12.2. The number of hydrogen-bond donors (Lipinski definition) is 2. The summed E-state index contributed by atoms with van der Waals surface area (Å²) in [6, 6.07) is 1.86. The highest BCUT2D eigenvalue weighted by molar-refractivity contribution is 5.97. The maximum absolute atomic E-state index is 12.2. The van der Waals surface area contributed by atoms with Gasteiger partial charge in [0.15, 0.2) is 0 Å². The highest BCUT2D eigenvalue weighted by atomic mass is 16.5.